The average Bonchev–Trinajstić information content (AvgIpc) is 4.34. The molecule has 12 aromatic rings. The van der Waals surface area contributed by atoms with E-state index in [4.69, 9.17) is 49.8 Å². The number of halogens is 3. The van der Waals surface area contributed by atoms with Crippen LogP contribution in [-0.4, -0.2) is 141 Å². The Labute approximate surface area is 451 Å². The normalized spacial score (nSPS) is 11.6. The van der Waals surface area contributed by atoms with Gasteiger partial charge in [-0.2, -0.15) is 23.1 Å². The Hall–Kier alpha value is -10.9. The summed E-state index contributed by atoms with van der Waals surface area (Å²) in [7, 11) is 5.78. The van der Waals surface area contributed by atoms with Crippen molar-refractivity contribution in [1.82, 2.24) is 141 Å². The van der Waals surface area contributed by atoms with Gasteiger partial charge in [-0.25, -0.2) is 19.2 Å². The van der Waals surface area contributed by atoms with E-state index < -0.39 is 28.8 Å². The summed E-state index contributed by atoms with van der Waals surface area (Å²) in [6, 6.07) is 4.99. The molecule has 0 unspecified atom stereocenters. The van der Waals surface area contributed by atoms with Crippen molar-refractivity contribution in [2.24, 2.45) is 28.2 Å². The smallest absolute Gasteiger partial charge is 0.369 e. The summed E-state index contributed by atoms with van der Waals surface area (Å²) >= 11 is 9.07. The number of rotatable bonds is 16. The van der Waals surface area contributed by atoms with Gasteiger partial charge in [-0.05, 0) is 69.2 Å². The number of ether oxygens (including phenoxy) is 4. The molecule has 0 amide bonds. The Bertz CT molecular complexity index is 4060. The molecule has 79 heavy (non-hydrogen) atoms. The van der Waals surface area contributed by atoms with Gasteiger partial charge in [-0.1, -0.05) is 20.6 Å². The van der Waals surface area contributed by atoms with Crippen molar-refractivity contribution in [3.63, 3.8) is 0 Å². The molecule has 0 fully saturated rings. The first-order valence-electron chi connectivity index (χ1n) is 23.2. The molecular weight excluding hydrogens is 1150 g/mol. The highest BCUT2D eigenvalue weighted by atomic mass is 79.9. The average molecular weight is 1190 g/mol. The van der Waals surface area contributed by atoms with Gasteiger partial charge in [0.25, 0.3) is 0 Å². The van der Waals surface area contributed by atoms with E-state index in [0.29, 0.717) is 21.4 Å². The highest BCUT2D eigenvalue weighted by molar-refractivity contribution is 9.10. The van der Waals surface area contributed by atoms with Crippen molar-refractivity contribution in [1.29, 1.82) is 0 Å². The minimum absolute atomic E-state index is 0.0272. The molecule has 0 aromatic carbocycles. The van der Waals surface area contributed by atoms with Gasteiger partial charge in [-0.15, -0.1) is 39.1 Å². The second kappa shape index (κ2) is 23.7. The molecule has 4 N–H and O–H groups in total. The van der Waals surface area contributed by atoms with E-state index >= 15 is 0 Å². The third-order valence-corrected chi connectivity index (χ3v) is 10.6. The summed E-state index contributed by atoms with van der Waals surface area (Å²) in [4.78, 5) is 47.1. The number of tetrazole rings is 4. The van der Waals surface area contributed by atoms with Crippen LogP contribution in [0.4, 0.5) is 4.39 Å². The van der Waals surface area contributed by atoms with Gasteiger partial charge in [0, 0.05) is 77.2 Å². The molecule has 0 radical (unpaired) electrons. The van der Waals surface area contributed by atoms with Crippen LogP contribution in [0.2, 0.25) is 10.9 Å². The number of H-pyrrole nitrogens is 4. The number of aromatic nitrogens is 28. The summed E-state index contributed by atoms with van der Waals surface area (Å²) in [5, 5.41) is 61.6. The number of hydrogen-bond acceptors (Lipinski definition) is 28. The molecule has 0 saturated carbocycles. The summed E-state index contributed by atoms with van der Waals surface area (Å²) in [5.74, 6) is 1.18. The van der Waals surface area contributed by atoms with Gasteiger partial charge < -0.3 is 37.0 Å². The van der Waals surface area contributed by atoms with Crippen LogP contribution < -0.4 is 41.7 Å². The Morgan fingerprint density at radius 1 is 0.519 bits per heavy atom. The van der Waals surface area contributed by atoms with E-state index in [0.717, 1.165) is 57.8 Å². The molecule has 12 heterocycles. The Balaban J connectivity index is 0.000000133. The SMILES string of the molecule is [3H]n1ccc(OCc2c(-n3nnn(C)c3=O)noc2Br)n1.[3H]n1ccc(OCc2c(-n3nnn(C)c3=O)noc2Cl)n1.[3H]n1ccc(OCc2c(-n3nnn(C)c3=O)noc2F)n1.[3H]n1ccc(OCc2conc2-n2nnn(C)c2=O)n1. The van der Waals surface area contributed by atoms with Gasteiger partial charge in [0.2, 0.25) is 56.7 Å². The fourth-order valence-electron chi connectivity index (χ4n) is 5.80. The van der Waals surface area contributed by atoms with E-state index in [1.807, 2.05) is 0 Å². The standard InChI is InChI=1S/C9H8BrN7O3.C9H8ClN7O3.C9H8FN7O3.C9H9N7O3/c3*1-16-9(18)17(15-14-16)8-5(7(10)20-13-8)4-19-6-2-3-11-12-6;1-15-9(17)16(14-13-15)8-6(5-19-12-8)4-18-7-2-3-10-11-7/h3*2-3H,4H2,1H3,(H,11,12);2-3,5H,4H2,1H3,(H,10,11)/i/hT4. The van der Waals surface area contributed by atoms with Crippen LogP contribution in [0.5, 0.6) is 23.5 Å². The van der Waals surface area contributed by atoms with Crippen LogP contribution in [0.1, 0.15) is 22.3 Å². The lowest BCUT2D eigenvalue weighted by atomic mass is 10.3. The van der Waals surface area contributed by atoms with Crippen molar-refractivity contribution in [2.45, 2.75) is 26.4 Å². The molecule has 0 bridgehead atoms. The molecule has 0 saturated heterocycles. The van der Waals surface area contributed by atoms with E-state index in [9.17, 15) is 23.6 Å². The molecular formula is C36H33BrClFN28O12. The second-order valence-corrected chi connectivity index (χ2v) is 15.8. The lowest BCUT2D eigenvalue weighted by Gasteiger charge is -2.01. The minimum Gasteiger partial charge on any atom is -0.471 e. The molecule has 0 aliphatic carbocycles. The predicted octanol–water partition coefficient (Wildman–Crippen LogP) is -1.42. The maximum absolute atomic E-state index is 13.6. The summed E-state index contributed by atoms with van der Waals surface area (Å²) in [6.07, 6.45) is 6.93. The van der Waals surface area contributed by atoms with Gasteiger partial charge in [0.1, 0.15) is 38.3 Å². The van der Waals surface area contributed by atoms with Crippen LogP contribution in [0.25, 0.3) is 23.3 Å². The van der Waals surface area contributed by atoms with E-state index in [1.54, 1.807) is 0 Å². The van der Waals surface area contributed by atoms with Crippen molar-refractivity contribution < 1.29 is 47.1 Å². The van der Waals surface area contributed by atoms with E-state index in [-0.39, 0.29) is 84.0 Å². The molecule has 40 nitrogen and oxygen atoms in total. The van der Waals surface area contributed by atoms with Crippen molar-refractivity contribution in [3.05, 3.63) is 135 Å². The highest BCUT2D eigenvalue weighted by Crippen LogP contribution is 2.25. The fourth-order valence-corrected chi connectivity index (χ4v) is 6.34. The predicted molar refractivity (Wildman–Crippen MR) is 251 cm³/mol. The second-order valence-electron chi connectivity index (χ2n) is 14.8. The number of aromatic amines is 4. The Morgan fingerprint density at radius 3 is 1.30 bits per heavy atom. The Kier molecular flexibility index (Phi) is 14.3. The van der Waals surface area contributed by atoms with Crippen molar-refractivity contribution in [3.8, 4) is 46.8 Å². The zero-order valence-corrected chi connectivity index (χ0v) is 42.4. The largest absolute Gasteiger partial charge is 0.471 e. The van der Waals surface area contributed by atoms with Gasteiger partial charge in [-0.3, -0.25) is 20.4 Å². The zero-order chi connectivity index (χ0) is 59.1. The third kappa shape index (κ3) is 12.0. The molecule has 12 aromatic heterocycles. The summed E-state index contributed by atoms with van der Waals surface area (Å²) in [5.41, 5.74) is -0.847. The molecule has 12 rings (SSSR count). The highest BCUT2D eigenvalue weighted by Gasteiger charge is 2.24. The van der Waals surface area contributed by atoms with Crippen LogP contribution in [-0.2, 0) is 54.6 Å². The van der Waals surface area contributed by atoms with Gasteiger partial charge in [0.15, 0.2) is 5.65 Å². The summed E-state index contributed by atoms with van der Waals surface area (Å²) < 4.78 is 91.0. The van der Waals surface area contributed by atoms with E-state index in [1.165, 1.54) is 83.5 Å². The van der Waals surface area contributed by atoms with Crippen LogP contribution in [0.3, 0.4) is 0 Å². The lowest BCUT2D eigenvalue weighted by molar-refractivity contribution is 0.253. The number of aryl methyl sites for hydroxylation is 4. The molecule has 0 spiro atoms. The van der Waals surface area contributed by atoms with Crippen molar-refractivity contribution >= 4 is 27.5 Å². The molecule has 0 atom stereocenters. The molecule has 43 heteroatoms. The monoisotopic (exact) mass is 1190 g/mol. The summed E-state index contributed by atoms with van der Waals surface area (Å²) in [6.45, 7) is -0.263. The van der Waals surface area contributed by atoms with Crippen LogP contribution >= 0.6 is 27.5 Å². The van der Waals surface area contributed by atoms with Gasteiger partial charge in [0.05, 0.1) is 16.7 Å². The molecule has 0 aliphatic heterocycles. The number of nitrogens with zero attached hydrogens (tertiary/aromatic N) is 24. The minimum atomic E-state index is -1.01. The first kappa shape index (κ1) is 47.8. The third-order valence-electron chi connectivity index (χ3n) is 9.70. The Morgan fingerprint density at radius 2 is 0.886 bits per heavy atom. The molecule has 0 aliphatic rings. The first-order valence-corrected chi connectivity index (χ1v) is 22.5. The zero-order valence-electron chi connectivity index (χ0n) is 44.1. The number of hydrogen-bond donors (Lipinski definition) is 4. The first-order chi connectivity index (χ1) is 39.8. The number of nitrogens with one attached hydrogen (secondary N) is 4. The maximum atomic E-state index is 13.6. The topological polar surface area (TPSA) is 467 Å². The molecule has 410 valence electrons. The van der Waals surface area contributed by atoms with Crippen molar-refractivity contribution in [2.75, 3.05) is 0 Å². The fraction of sp³-hybridized carbons (Fsp3) is 0.222. The van der Waals surface area contributed by atoms with Crippen LogP contribution in [0.15, 0.2) is 97.3 Å². The van der Waals surface area contributed by atoms with Crippen LogP contribution in [0, 0.1) is 6.01 Å². The lowest BCUT2D eigenvalue weighted by Crippen LogP contribution is -2.23. The van der Waals surface area contributed by atoms with Gasteiger partial charge >= 0.3 is 28.8 Å². The maximum Gasteiger partial charge on any atom is 0.369 e. The van der Waals surface area contributed by atoms with E-state index in [2.05, 4.69) is 103 Å². The quantitative estimate of drug-likeness (QED) is 0.0862.